The lowest BCUT2D eigenvalue weighted by Crippen LogP contribution is -2.55. The zero-order valence-corrected chi connectivity index (χ0v) is 20.6. The van der Waals surface area contributed by atoms with Crippen LogP contribution in [-0.2, 0) is 14.3 Å². The fraction of sp³-hybridized carbons (Fsp3) is 0.464. The van der Waals surface area contributed by atoms with E-state index >= 15 is 0 Å². The molecule has 7 nitrogen and oxygen atoms in total. The van der Waals surface area contributed by atoms with E-state index in [1.165, 1.54) is 0 Å². The number of fused-ring (bicyclic) bond motifs is 3. The Labute approximate surface area is 206 Å². The van der Waals surface area contributed by atoms with Crippen molar-refractivity contribution in [3.8, 4) is 11.1 Å². The molecule has 7 heteroatoms. The number of rotatable bonds is 9. The molecule has 0 saturated heterocycles. The molecule has 2 aromatic rings. The third kappa shape index (κ3) is 5.84. The largest absolute Gasteiger partial charge is 0.481 e. The Balaban J connectivity index is 1.44. The summed E-state index contributed by atoms with van der Waals surface area (Å²) in [5, 5.41) is 11.9. The number of carbonyl (C=O) groups is 3. The number of benzene rings is 2. The molecule has 2 aromatic carbocycles. The maximum absolute atomic E-state index is 13.5. The van der Waals surface area contributed by atoms with Crippen molar-refractivity contribution in [2.24, 2.45) is 11.3 Å². The summed E-state index contributed by atoms with van der Waals surface area (Å²) in [5.74, 6) is -0.878. The van der Waals surface area contributed by atoms with E-state index in [1.807, 2.05) is 45.0 Å². The van der Waals surface area contributed by atoms with Crippen molar-refractivity contribution in [3.63, 3.8) is 0 Å². The van der Waals surface area contributed by atoms with Crippen LogP contribution in [0, 0.1) is 11.3 Å². The van der Waals surface area contributed by atoms with Gasteiger partial charge in [0.15, 0.2) is 0 Å². The SMILES string of the molecule is CC(C)(C)C(NC(=O)OCC1c2ccccc2-c2ccccc21)C(=O)N(CCC(=O)O)CC1CC1. The molecule has 4 rings (SSSR count). The van der Waals surface area contributed by atoms with Crippen LogP contribution in [0.4, 0.5) is 4.79 Å². The van der Waals surface area contributed by atoms with Gasteiger partial charge in [-0.15, -0.1) is 0 Å². The van der Waals surface area contributed by atoms with Gasteiger partial charge in [0, 0.05) is 19.0 Å². The number of amides is 2. The molecule has 1 saturated carbocycles. The molecule has 186 valence electrons. The van der Waals surface area contributed by atoms with Crippen LogP contribution in [0.25, 0.3) is 11.1 Å². The van der Waals surface area contributed by atoms with Crippen LogP contribution in [0.15, 0.2) is 48.5 Å². The molecule has 0 aliphatic heterocycles. The third-order valence-electron chi connectivity index (χ3n) is 6.80. The number of carboxylic acid groups (broad SMARTS) is 1. The van der Waals surface area contributed by atoms with Gasteiger partial charge in [0.2, 0.25) is 5.91 Å². The highest BCUT2D eigenvalue weighted by molar-refractivity contribution is 5.87. The first-order chi connectivity index (χ1) is 16.6. The van der Waals surface area contributed by atoms with Gasteiger partial charge in [-0.2, -0.15) is 0 Å². The van der Waals surface area contributed by atoms with E-state index in [9.17, 15) is 14.4 Å². The number of hydrogen-bond acceptors (Lipinski definition) is 4. The number of nitrogens with one attached hydrogen (secondary N) is 1. The van der Waals surface area contributed by atoms with Crippen molar-refractivity contribution in [1.29, 1.82) is 0 Å². The summed E-state index contributed by atoms with van der Waals surface area (Å²) < 4.78 is 5.67. The molecule has 2 N–H and O–H groups in total. The van der Waals surface area contributed by atoms with E-state index in [0.717, 1.165) is 35.1 Å². The first-order valence-electron chi connectivity index (χ1n) is 12.3. The van der Waals surface area contributed by atoms with Crippen LogP contribution in [0.1, 0.15) is 57.1 Å². The first kappa shape index (κ1) is 24.8. The Morgan fingerprint density at radius 1 is 1.03 bits per heavy atom. The van der Waals surface area contributed by atoms with Crippen molar-refractivity contribution in [1.82, 2.24) is 10.2 Å². The van der Waals surface area contributed by atoms with E-state index in [2.05, 4.69) is 29.6 Å². The van der Waals surface area contributed by atoms with Gasteiger partial charge in [-0.3, -0.25) is 9.59 Å². The minimum atomic E-state index is -0.949. The second-order valence-electron chi connectivity index (χ2n) is 10.6. The van der Waals surface area contributed by atoms with Crippen LogP contribution in [-0.4, -0.2) is 53.7 Å². The van der Waals surface area contributed by atoms with Gasteiger partial charge in [0.05, 0.1) is 6.42 Å². The Hall–Kier alpha value is -3.35. The van der Waals surface area contributed by atoms with Crippen LogP contribution >= 0.6 is 0 Å². The van der Waals surface area contributed by atoms with Crippen LogP contribution in [0.2, 0.25) is 0 Å². The molecule has 1 unspecified atom stereocenters. The lowest BCUT2D eigenvalue weighted by Gasteiger charge is -2.34. The summed E-state index contributed by atoms with van der Waals surface area (Å²) in [6.07, 6.45) is 1.30. The third-order valence-corrected chi connectivity index (χ3v) is 6.80. The predicted octanol–water partition coefficient (Wildman–Crippen LogP) is 4.65. The summed E-state index contributed by atoms with van der Waals surface area (Å²) in [4.78, 5) is 39.1. The average Bonchev–Trinajstić information content (AvgIpc) is 3.58. The van der Waals surface area contributed by atoms with Gasteiger partial charge in [0.1, 0.15) is 12.6 Å². The molecule has 0 radical (unpaired) electrons. The highest BCUT2D eigenvalue weighted by atomic mass is 16.5. The normalized spacial score (nSPS) is 15.6. The van der Waals surface area contributed by atoms with Crippen molar-refractivity contribution < 1.29 is 24.2 Å². The second-order valence-corrected chi connectivity index (χ2v) is 10.6. The van der Waals surface area contributed by atoms with Crippen LogP contribution in [0.3, 0.4) is 0 Å². The first-order valence-corrected chi connectivity index (χ1v) is 12.3. The molecule has 35 heavy (non-hydrogen) atoms. The maximum Gasteiger partial charge on any atom is 0.407 e. The molecule has 2 aliphatic rings. The highest BCUT2D eigenvalue weighted by Crippen LogP contribution is 2.44. The number of alkyl carbamates (subject to hydrolysis) is 1. The zero-order chi connectivity index (χ0) is 25.2. The topological polar surface area (TPSA) is 95.9 Å². The van der Waals surface area contributed by atoms with Gasteiger partial charge < -0.3 is 20.1 Å². The standard InChI is InChI=1S/C28H34N2O5/c1-28(2,3)25(26(33)30(15-14-24(31)32)16-18-12-13-18)29-27(34)35-17-23-21-10-6-4-8-19(21)20-9-5-7-11-22(20)23/h4-11,18,23,25H,12-17H2,1-3H3,(H,29,34)(H,31,32). The summed E-state index contributed by atoms with van der Waals surface area (Å²) in [5.41, 5.74) is 3.96. The molecular formula is C28H34N2O5. The number of nitrogens with zero attached hydrogens (tertiary/aromatic N) is 1. The molecule has 0 heterocycles. The Morgan fingerprint density at radius 2 is 1.60 bits per heavy atom. The minimum absolute atomic E-state index is 0.0705. The quantitative estimate of drug-likeness (QED) is 0.547. The van der Waals surface area contributed by atoms with Crippen molar-refractivity contribution >= 4 is 18.0 Å². The van der Waals surface area contributed by atoms with E-state index in [-0.39, 0.29) is 31.4 Å². The maximum atomic E-state index is 13.5. The molecule has 0 bridgehead atoms. The van der Waals surface area contributed by atoms with Gasteiger partial charge in [-0.05, 0) is 46.4 Å². The molecule has 1 atom stereocenters. The smallest absolute Gasteiger partial charge is 0.407 e. The van der Waals surface area contributed by atoms with Gasteiger partial charge in [-0.25, -0.2) is 4.79 Å². The van der Waals surface area contributed by atoms with Gasteiger partial charge in [0.25, 0.3) is 0 Å². The van der Waals surface area contributed by atoms with Crippen molar-refractivity contribution in [2.45, 2.75) is 52.0 Å². The van der Waals surface area contributed by atoms with Crippen molar-refractivity contribution in [3.05, 3.63) is 59.7 Å². The fourth-order valence-corrected chi connectivity index (χ4v) is 4.72. The molecule has 2 aliphatic carbocycles. The monoisotopic (exact) mass is 478 g/mol. The second kappa shape index (κ2) is 10.1. The molecule has 0 aromatic heterocycles. The summed E-state index contributed by atoms with van der Waals surface area (Å²) >= 11 is 0. The highest BCUT2D eigenvalue weighted by Gasteiger charge is 2.38. The lowest BCUT2D eigenvalue weighted by atomic mass is 9.85. The number of carbonyl (C=O) groups excluding carboxylic acids is 2. The predicted molar refractivity (Wildman–Crippen MR) is 133 cm³/mol. The number of aliphatic carboxylic acids is 1. The van der Waals surface area contributed by atoms with E-state index in [0.29, 0.717) is 12.5 Å². The number of hydrogen-bond donors (Lipinski definition) is 2. The Kier molecular flexibility index (Phi) is 7.15. The Bertz CT molecular complexity index is 1060. The van der Waals surface area contributed by atoms with E-state index < -0.39 is 23.5 Å². The van der Waals surface area contributed by atoms with E-state index in [1.54, 1.807) is 4.90 Å². The van der Waals surface area contributed by atoms with E-state index in [4.69, 9.17) is 9.84 Å². The lowest BCUT2D eigenvalue weighted by molar-refractivity contribution is -0.140. The van der Waals surface area contributed by atoms with Gasteiger partial charge in [-0.1, -0.05) is 69.3 Å². The summed E-state index contributed by atoms with van der Waals surface area (Å²) in [6.45, 7) is 6.45. The van der Waals surface area contributed by atoms with Crippen LogP contribution in [0.5, 0.6) is 0 Å². The average molecular weight is 479 g/mol. The fourth-order valence-electron chi connectivity index (χ4n) is 4.72. The zero-order valence-electron chi connectivity index (χ0n) is 20.6. The molecular weight excluding hydrogens is 444 g/mol. The minimum Gasteiger partial charge on any atom is -0.481 e. The van der Waals surface area contributed by atoms with Crippen molar-refractivity contribution in [2.75, 3.05) is 19.7 Å². The number of carboxylic acids is 1. The summed E-state index contributed by atoms with van der Waals surface area (Å²) in [6, 6.07) is 15.4. The molecule has 0 spiro atoms. The molecule has 1 fully saturated rings. The van der Waals surface area contributed by atoms with Gasteiger partial charge >= 0.3 is 12.1 Å². The molecule has 2 amide bonds. The van der Waals surface area contributed by atoms with Crippen LogP contribution < -0.4 is 5.32 Å². The summed E-state index contributed by atoms with van der Waals surface area (Å²) in [7, 11) is 0. The Morgan fingerprint density at radius 3 is 2.11 bits per heavy atom. The number of ether oxygens (including phenoxy) is 1.